The molecule has 0 bridgehead atoms. The number of hydrogen-bond donors (Lipinski definition) is 0. The van der Waals surface area contributed by atoms with Crippen molar-refractivity contribution in [1.29, 1.82) is 0 Å². The van der Waals surface area contributed by atoms with Crippen LogP contribution in [0, 0.1) is 5.82 Å². The van der Waals surface area contributed by atoms with Gasteiger partial charge in [0, 0.05) is 24.7 Å². The number of aromatic nitrogens is 1. The van der Waals surface area contributed by atoms with Gasteiger partial charge in [0.25, 0.3) is 0 Å². The fourth-order valence-corrected chi connectivity index (χ4v) is 2.96. The van der Waals surface area contributed by atoms with Gasteiger partial charge >= 0.3 is 5.97 Å². The summed E-state index contributed by atoms with van der Waals surface area (Å²) in [4.78, 5) is 18.2. The van der Waals surface area contributed by atoms with Crippen molar-refractivity contribution in [1.82, 2.24) is 9.88 Å². The first-order chi connectivity index (χ1) is 14.5. The molecule has 0 aliphatic rings. The number of benzene rings is 2. The Morgan fingerprint density at radius 1 is 1.03 bits per heavy atom. The predicted octanol–water partition coefficient (Wildman–Crippen LogP) is 3.67. The fraction of sp³-hybridized carbons (Fsp3) is 0.273. The lowest BCUT2D eigenvalue weighted by Crippen LogP contribution is -2.30. The number of oxazole rings is 1. The first-order valence-electron chi connectivity index (χ1n) is 9.22. The highest BCUT2D eigenvalue weighted by Crippen LogP contribution is 2.24. The average Bonchev–Trinajstić information content (AvgIpc) is 3.22. The van der Waals surface area contributed by atoms with E-state index in [-0.39, 0.29) is 18.3 Å². The third-order valence-corrected chi connectivity index (χ3v) is 4.43. The topological polar surface area (TPSA) is 74.0 Å². The largest absolute Gasteiger partial charge is 0.497 e. The second-order valence-electron chi connectivity index (χ2n) is 6.59. The molecule has 0 saturated heterocycles. The monoisotopic (exact) mass is 414 g/mol. The Labute approximate surface area is 174 Å². The molecule has 8 heteroatoms. The normalized spacial score (nSPS) is 10.8. The molecule has 0 atom stereocenters. The van der Waals surface area contributed by atoms with Crippen LogP contribution in [0.1, 0.15) is 11.3 Å². The molecule has 0 N–H and O–H groups in total. The van der Waals surface area contributed by atoms with E-state index in [2.05, 4.69) is 4.98 Å². The van der Waals surface area contributed by atoms with E-state index in [4.69, 9.17) is 18.6 Å². The minimum atomic E-state index is -0.368. The van der Waals surface area contributed by atoms with Crippen LogP contribution in [0.2, 0.25) is 0 Å². The molecule has 0 radical (unpaired) electrons. The summed E-state index contributed by atoms with van der Waals surface area (Å²) in [5, 5.41) is 0. The van der Waals surface area contributed by atoms with Gasteiger partial charge in [-0.2, -0.15) is 0 Å². The second kappa shape index (κ2) is 9.89. The molecule has 0 unspecified atom stereocenters. The second-order valence-corrected chi connectivity index (χ2v) is 6.59. The van der Waals surface area contributed by atoms with Crippen LogP contribution in [0.4, 0.5) is 4.39 Å². The summed E-state index contributed by atoms with van der Waals surface area (Å²) in [6.07, 6.45) is 1.52. The number of rotatable bonds is 9. The number of esters is 1. The molecule has 0 aliphatic carbocycles. The molecular formula is C22H23FN2O5. The van der Waals surface area contributed by atoms with Crippen molar-refractivity contribution in [2.45, 2.75) is 13.1 Å². The molecule has 0 spiro atoms. The number of nitrogens with zero attached hydrogens (tertiary/aromatic N) is 2. The van der Waals surface area contributed by atoms with Crippen molar-refractivity contribution in [2.75, 3.05) is 27.9 Å². The lowest BCUT2D eigenvalue weighted by Gasteiger charge is -2.20. The number of methoxy groups -OCH3 is 3. The van der Waals surface area contributed by atoms with Crippen LogP contribution in [0.25, 0.3) is 11.5 Å². The van der Waals surface area contributed by atoms with Crippen LogP contribution in [-0.4, -0.2) is 43.7 Å². The van der Waals surface area contributed by atoms with Crippen LogP contribution >= 0.6 is 0 Å². The Morgan fingerprint density at radius 2 is 1.70 bits per heavy atom. The molecule has 3 aromatic rings. The Hall–Kier alpha value is -3.39. The molecule has 0 fully saturated rings. The highest BCUT2D eigenvalue weighted by Gasteiger charge is 2.16. The van der Waals surface area contributed by atoms with Crippen molar-refractivity contribution in [3.8, 4) is 23.0 Å². The molecule has 2 aromatic carbocycles. The van der Waals surface area contributed by atoms with Gasteiger partial charge in [-0.1, -0.05) is 0 Å². The molecular weight excluding hydrogens is 391 g/mol. The van der Waals surface area contributed by atoms with Crippen molar-refractivity contribution in [3.63, 3.8) is 0 Å². The smallest absolute Gasteiger partial charge is 0.319 e. The van der Waals surface area contributed by atoms with E-state index in [1.165, 1.54) is 25.5 Å². The van der Waals surface area contributed by atoms with Crippen LogP contribution in [0.3, 0.4) is 0 Å². The van der Waals surface area contributed by atoms with E-state index < -0.39 is 0 Å². The van der Waals surface area contributed by atoms with Gasteiger partial charge in [0.05, 0.1) is 33.6 Å². The zero-order valence-corrected chi connectivity index (χ0v) is 17.1. The van der Waals surface area contributed by atoms with Gasteiger partial charge < -0.3 is 18.6 Å². The Morgan fingerprint density at radius 3 is 2.30 bits per heavy atom. The van der Waals surface area contributed by atoms with Crippen LogP contribution in [0.15, 0.2) is 53.1 Å². The zero-order chi connectivity index (χ0) is 21.5. The van der Waals surface area contributed by atoms with Gasteiger partial charge in [0.2, 0.25) is 5.89 Å². The first-order valence-corrected chi connectivity index (χ1v) is 9.22. The number of halogens is 1. The van der Waals surface area contributed by atoms with Crippen molar-refractivity contribution in [2.24, 2.45) is 0 Å². The molecule has 158 valence electrons. The quantitative estimate of drug-likeness (QED) is 0.495. The highest BCUT2D eigenvalue weighted by molar-refractivity contribution is 5.71. The van der Waals surface area contributed by atoms with Gasteiger partial charge in [-0.3, -0.25) is 9.69 Å². The van der Waals surface area contributed by atoms with Gasteiger partial charge in [-0.05, 0) is 42.0 Å². The molecule has 1 heterocycles. The van der Waals surface area contributed by atoms with E-state index in [9.17, 15) is 9.18 Å². The maximum absolute atomic E-state index is 13.1. The third-order valence-electron chi connectivity index (χ3n) is 4.43. The van der Waals surface area contributed by atoms with Crippen molar-refractivity contribution < 1.29 is 27.8 Å². The number of carbonyl (C=O) groups excluding carboxylic acids is 1. The first kappa shape index (κ1) is 21.3. The molecule has 1 aromatic heterocycles. The minimum absolute atomic E-state index is 0.0643. The number of ether oxygens (including phenoxy) is 3. The van der Waals surface area contributed by atoms with Crippen LogP contribution < -0.4 is 9.47 Å². The van der Waals surface area contributed by atoms with Gasteiger partial charge in [-0.15, -0.1) is 0 Å². The third kappa shape index (κ3) is 5.57. The average molecular weight is 414 g/mol. The minimum Gasteiger partial charge on any atom is -0.497 e. The summed E-state index contributed by atoms with van der Waals surface area (Å²) >= 11 is 0. The van der Waals surface area contributed by atoms with E-state index >= 15 is 0 Å². The number of carbonyl (C=O) groups is 1. The molecule has 0 saturated carbocycles. The van der Waals surface area contributed by atoms with E-state index in [0.29, 0.717) is 41.7 Å². The molecule has 3 rings (SSSR count). The molecule has 30 heavy (non-hydrogen) atoms. The Balaban J connectivity index is 1.79. The summed E-state index contributed by atoms with van der Waals surface area (Å²) < 4.78 is 34.1. The molecule has 0 amide bonds. The van der Waals surface area contributed by atoms with Gasteiger partial charge in [0.15, 0.2) is 0 Å². The number of hydrogen-bond acceptors (Lipinski definition) is 7. The van der Waals surface area contributed by atoms with E-state index in [1.54, 1.807) is 32.4 Å². The van der Waals surface area contributed by atoms with Crippen LogP contribution in [0.5, 0.6) is 11.5 Å². The molecule has 0 aliphatic heterocycles. The molecule has 7 nitrogen and oxygen atoms in total. The van der Waals surface area contributed by atoms with Gasteiger partial charge in [0.1, 0.15) is 23.6 Å². The van der Waals surface area contributed by atoms with Crippen molar-refractivity contribution in [3.05, 3.63) is 65.8 Å². The lowest BCUT2D eigenvalue weighted by molar-refractivity contribution is -0.142. The maximum Gasteiger partial charge on any atom is 0.319 e. The Bertz CT molecular complexity index is 965. The predicted molar refractivity (Wildman–Crippen MR) is 108 cm³/mol. The Kier molecular flexibility index (Phi) is 7.03. The summed E-state index contributed by atoms with van der Waals surface area (Å²) in [7, 11) is 4.51. The van der Waals surface area contributed by atoms with Crippen LogP contribution in [-0.2, 0) is 22.6 Å². The summed E-state index contributed by atoms with van der Waals surface area (Å²) in [6.45, 7) is 0.843. The SMILES string of the molecule is COC(=O)CN(Cc1cc(OC)cc(OC)c1)Cc1coc(-c2ccc(F)cc2)n1. The van der Waals surface area contributed by atoms with E-state index in [0.717, 1.165) is 5.56 Å². The zero-order valence-electron chi connectivity index (χ0n) is 17.1. The highest BCUT2D eigenvalue weighted by atomic mass is 19.1. The van der Waals surface area contributed by atoms with Gasteiger partial charge in [-0.25, -0.2) is 9.37 Å². The fourth-order valence-electron chi connectivity index (χ4n) is 2.96. The standard InChI is InChI=1S/C22H23FN2O5/c1-27-19-8-15(9-20(10-19)28-2)11-25(13-21(26)29-3)12-18-14-30-22(24-18)16-4-6-17(23)7-5-16/h4-10,14H,11-13H2,1-3H3. The van der Waals surface area contributed by atoms with Crippen molar-refractivity contribution >= 4 is 5.97 Å². The summed E-state index contributed by atoms with van der Waals surface area (Å²) in [6, 6.07) is 11.4. The maximum atomic E-state index is 13.1. The van der Waals surface area contributed by atoms with E-state index in [1.807, 2.05) is 17.0 Å². The summed E-state index contributed by atoms with van der Waals surface area (Å²) in [5.74, 6) is 0.992. The summed E-state index contributed by atoms with van der Waals surface area (Å²) in [5.41, 5.74) is 2.20. The lowest BCUT2D eigenvalue weighted by atomic mass is 10.1.